The molecule has 2 aromatic carbocycles. The van der Waals surface area contributed by atoms with Gasteiger partial charge in [0.25, 0.3) is 5.91 Å². The van der Waals surface area contributed by atoms with Crippen LogP contribution in [0.5, 0.6) is 5.75 Å². The summed E-state index contributed by atoms with van der Waals surface area (Å²) in [5.41, 5.74) is 2.50. The molecular weight excluding hydrogens is 340 g/mol. The van der Waals surface area contributed by atoms with E-state index in [1.807, 2.05) is 36.4 Å². The van der Waals surface area contributed by atoms with Crippen LogP contribution in [0.15, 0.2) is 48.5 Å². The van der Waals surface area contributed by atoms with Crippen LogP contribution in [0.3, 0.4) is 0 Å². The molecule has 0 saturated carbocycles. The molecule has 6 nitrogen and oxygen atoms in total. The van der Waals surface area contributed by atoms with Crippen molar-refractivity contribution >= 4 is 16.8 Å². The van der Waals surface area contributed by atoms with Gasteiger partial charge in [0, 0.05) is 11.9 Å². The van der Waals surface area contributed by atoms with E-state index in [0.29, 0.717) is 12.2 Å². The molecule has 1 aliphatic heterocycles. The molecule has 6 heteroatoms. The number of hydrogen-bond acceptors (Lipinski definition) is 4. The van der Waals surface area contributed by atoms with Gasteiger partial charge in [-0.25, -0.2) is 0 Å². The predicted octanol–water partition coefficient (Wildman–Crippen LogP) is 3.14. The highest BCUT2D eigenvalue weighted by molar-refractivity contribution is 6.04. The number of likely N-dealkylation sites (tertiary alicyclic amines) is 1. The van der Waals surface area contributed by atoms with Crippen LogP contribution < -0.4 is 10.1 Å². The second-order valence-electron chi connectivity index (χ2n) is 6.86. The van der Waals surface area contributed by atoms with Crippen molar-refractivity contribution in [2.45, 2.75) is 18.9 Å². The van der Waals surface area contributed by atoms with E-state index in [4.69, 9.17) is 4.74 Å². The van der Waals surface area contributed by atoms with E-state index in [2.05, 4.69) is 32.5 Å². The van der Waals surface area contributed by atoms with Crippen molar-refractivity contribution in [3.8, 4) is 5.75 Å². The van der Waals surface area contributed by atoms with Gasteiger partial charge >= 0.3 is 0 Å². The molecule has 0 spiro atoms. The summed E-state index contributed by atoms with van der Waals surface area (Å²) in [4.78, 5) is 15.2. The summed E-state index contributed by atoms with van der Waals surface area (Å²) in [5, 5.41) is 11.1. The van der Waals surface area contributed by atoms with Gasteiger partial charge in [-0.05, 0) is 49.7 Å². The number of amides is 1. The van der Waals surface area contributed by atoms with Crippen molar-refractivity contribution in [3.05, 3.63) is 59.8 Å². The number of hydrogen-bond donors (Lipinski definition) is 2. The van der Waals surface area contributed by atoms with Gasteiger partial charge in [0.15, 0.2) is 5.69 Å². The Bertz CT molecular complexity index is 913. The van der Waals surface area contributed by atoms with Gasteiger partial charge in [0.1, 0.15) is 5.75 Å². The Hall–Kier alpha value is -2.86. The number of H-pyrrole nitrogens is 1. The highest BCUT2D eigenvalue weighted by atomic mass is 16.5. The number of fused-ring (bicyclic) bond motifs is 1. The molecule has 140 valence electrons. The fourth-order valence-corrected chi connectivity index (χ4v) is 3.75. The van der Waals surface area contributed by atoms with Crippen molar-refractivity contribution < 1.29 is 9.53 Å². The third kappa shape index (κ3) is 3.66. The number of nitrogens with one attached hydrogen (secondary N) is 2. The average Bonchev–Trinajstić information content (AvgIpc) is 3.38. The molecule has 4 rings (SSSR count). The van der Waals surface area contributed by atoms with Gasteiger partial charge < -0.3 is 10.1 Å². The molecule has 2 N–H and O–H groups in total. The average molecular weight is 364 g/mol. The first-order valence-electron chi connectivity index (χ1n) is 9.35. The summed E-state index contributed by atoms with van der Waals surface area (Å²) in [6, 6.07) is 15.9. The highest BCUT2D eigenvalue weighted by Crippen LogP contribution is 2.26. The Morgan fingerprint density at radius 3 is 2.67 bits per heavy atom. The number of para-hydroxylation sites is 1. The summed E-state index contributed by atoms with van der Waals surface area (Å²) in [6.07, 6.45) is 2.40. The summed E-state index contributed by atoms with van der Waals surface area (Å²) in [5.74, 6) is 0.691. The largest absolute Gasteiger partial charge is 0.497 e. The molecule has 2 heterocycles. The molecule has 3 aromatic rings. The number of rotatable bonds is 6. The normalized spacial score (nSPS) is 15.7. The first-order chi connectivity index (χ1) is 13.3. The summed E-state index contributed by atoms with van der Waals surface area (Å²) in [7, 11) is 1.67. The summed E-state index contributed by atoms with van der Waals surface area (Å²) in [6.45, 7) is 2.65. The number of ether oxygens (including phenoxy) is 1. The van der Waals surface area contributed by atoms with Crippen molar-refractivity contribution in [2.75, 3.05) is 26.7 Å². The van der Waals surface area contributed by atoms with Crippen LogP contribution >= 0.6 is 0 Å². The molecular formula is C21H24N4O2. The standard InChI is InChI=1S/C21H24N4O2/c1-27-16-10-8-15(9-11-16)19(25-12-4-5-13-25)14-22-21(26)20-17-6-2-3-7-18(17)23-24-20/h2-3,6-11,19H,4-5,12-14H2,1H3,(H,22,26)(H,23,24)/t19-/m1/s1. The lowest BCUT2D eigenvalue weighted by Crippen LogP contribution is -2.37. The molecule has 27 heavy (non-hydrogen) atoms. The Labute approximate surface area is 158 Å². The van der Waals surface area contributed by atoms with Crippen molar-refractivity contribution in [1.29, 1.82) is 0 Å². The van der Waals surface area contributed by atoms with E-state index < -0.39 is 0 Å². The molecule has 1 fully saturated rings. The topological polar surface area (TPSA) is 70.2 Å². The predicted molar refractivity (Wildman–Crippen MR) is 105 cm³/mol. The second kappa shape index (κ2) is 7.80. The molecule has 0 radical (unpaired) electrons. The zero-order valence-electron chi connectivity index (χ0n) is 15.4. The van der Waals surface area contributed by atoms with E-state index in [1.165, 1.54) is 18.4 Å². The number of carbonyl (C=O) groups excluding carboxylic acids is 1. The molecule has 1 saturated heterocycles. The van der Waals surface area contributed by atoms with Crippen LogP contribution in [-0.4, -0.2) is 47.7 Å². The number of carbonyl (C=O) groups is 1. The minimum Gasteiger partial charge on any atom is -0.497 e. The fraction of sp³-hybridized carbons (Fsp3) is 0.333. The van der Waals surface area contributed by atoms with E-state index in [0.717, 1.165) is 29.7 Å². The van der Waals surface area contributed by atoms with Crippen LogP contribution in [0.25, 0.3) is 10.9 Å². The van der Waals surface area contributed by atoms with E-state index in [1.54, 1.807) is 7.11 Å². The quantitative estimate of drug-likeness (QED) is 0.705. The minimum atomic E-state index is -0.148. The van der Waals surface area contributed by atoms with Crippen LogP contribution in [0.2, 0.25) is 0 Å². The van der Waals surface area contributed by atoms with Gasteiger partial charge in [-0.1, -0.05) is 30.3 Å². The van der Waals surface area contributed by atoms with Crippen molar-refractivity contribution in [3.63, 3.8) is 0 Å². The smallest absolute Gasteiger partial charge is 0.272 e. The second-order valence-corrected chi connectivity index (χ2v) is 6.86. The van der Waals surface area contributed by atoms with E-state index in [-0.39, 0.29) is 11.9 Å². The fourth-order valence-electron chi connectivity index (χ4n) is 3.75. The molecule has 0 unspecified atom stereocenters. The maximum atomic E-state index is 12.7. The van der Waals surface area contributed by atoms with Crippen molar-refractivity contribution in [2.24, 2.45) is 0 Å². The van der Waals surface area contributed by atoms with E-state index >= 15 is 0 Å². The summed E-state index contributed by atoms with van der Waals surface area (Å²) < 4.78 is 5.27. The molecule has 1 atom stereocenters. The lowest BCUT2D eigenvalue weighted by Gasteiger charge is -2.28. The number of aromatic amines is 1. The highest BCUT2D eigenvalue weighted by Gasteiger charge is 2.25. The maximum Gasteiger partial charge on any atom is 0.272 e. The minimum absolute atomic E-state index is 0.146. The molecule has 0 aliphatic carbocycles. The third-order valence-electron chi connectivity index (χ3n) is 5.22. The molecule has 1 aromatic heterocycles. The number of benzene rings is 2. The monoisotopic (exact) mass is 364 g/mol. The first kappa shape index (κ1) is 17.5. The number of aromatic nitrogens is 2. The zero-order chi connectivity index (χ0) is 18.6. The molecule has 1 aliphatic rings. The first-order valence-corrected chi connectivity index (χ1v) is 9.35. The Morgan fingerprint density at radius 1 is 1.19 bits per heavy atom. The van der Waals surface area contributed by atoms with Crippen LogP contribution in [-0.2, 0) is 0 Å². The van der Waals surface area contributed by atoms with Crippen molar-refractivity contribution in [1.82, 2.24) is 20.4 Å². The lowest BCUT2D eigenvalue weighted by atomic mass is 10.0. The van der Waals surface area contributed by atoms with Crippen LogP contribution in [0.4, 0.5) is 0 Å². The van der Waals surface area contributed by atoms with Gasteiger partial charge in [-0.15, -0.1) is 0 Å². The Kier molecular flexibility index (Phi) is 5.07. The molecule has 1 amide bonds. The number of nitrogens with zero attached hydrogens (tertiary/aromatic N) is 2. The van der Waals surface area contributed by atoms with Gasteiger partial charge in [-0.3, -0.25) is 14.8 Å². The Balaban J connectivity index is 1.51. The van der Waals surface area contributed by atoms with Crippen LogP contribution in [0, 0.1) is 0 Å². The van der Waals surface area contributed by atoms with Gasteiger partial charge in [0.05, 0.1) is 18.7 Å². The molecule has 0 bridgehead atoms. The summed E-state index contributed by atoms with van der Waals surface area (Å²) >= 11 is 0. The van der Waals surface area contributed by atoms with Crippen LogP contribution in [0.1, 0.15) is 34.9 Å². The van der Waals surface area contributed by atoms with E-state index in [9.17, 15) is 4.79 Å². The number of methoxy groups -OCH3 is 1. The Morgan fingerprint density at radius 2 is 1.93 bits per heavy atom. The SMILES string of the molecule is COc1ccc([C@@H](CNC(=O)c2n[nH]c3ccccc23)N2CCCC2)cc1. The zero-order valence-corrected chi connectivity index (χ0v) is 15.4. The maximum absolute atomic E-state index is 12.7. The van der Waals surface area contributed by atoms with Gasteiger partial charge in [0.2, 0.25) is 0 Å². The third-order valence-corrected chi connectivity index (χ3v) is 5.22. The van der Waals surface area contributed by atoms with Gasteiger partial charge in [-0.2, -0.15) is 5.10 Å². The lowest BCUT2D eigenvalue weighted by molar-refractivity contribution is 0.0934.